The van der Waals surface area contributed by atoms with Gasteiger partial charge in [0.2, 0.25) is 0 Å². The summed E-state index contributed by atoms with van der Waals surface area (Å²) >= 11 is 0. The molecule has 0 aliphatic rings. The van der Waals surface area contributed by atoms with E-state index < -0.39 is 0 Å². The maximum Gasteiger partial charge on any atom is 0.125 e. The highest BCUT2D eigenvalue weighted by Gasteiger charge is 2.11. The van der Waals surface area contributed by atoms with Crippen molar-refractivity contribution < 1.29 is 9.47 Å². The molecule has 0 saturated heterocycles. The second-order valence-corrected chi connectivity index (χ2v) is 4.56. The highest BCUT2D eigenvalue weighted by Crippen LogP contribution is 2.28. The number of hydrogen-bond donors (Lipinski definition) is 2. The molecule has 0 fully saturated rings. The van der Waals surface area contributed by atoms with Gasteiger partial charge in [0, 0.05) is 23.7 Å². The third-order valence-electron chi connectivity index (χ3n) is 3.28. The first-order valence-corrected chi connectivity index (χ1v) is 6.27. The van der Waals surface area contributed by atoms with Crippen LogP contribution in [0.25, 0.3) is 0 Å². The largest absolute Gasteiger partial charge is 0.497 e. The van der Waals surface area contributed by atoms with Gasteiger partial charge in [-0.25, -0.2) is 4.98 Å². The minimum atomic E-state index is 0.421. The van der Waals surface area contributed by atoms with Gasteiger partial charge in [-0.3, -0.25) is 0 Å². The Balaban J connectivity index is 2.43. The van der Waals surface area contributed by atoms with E-state index in [9.17, 15) is 0 Å². The van der Waals surface area contributed by atoms with Gasteiger partial charge < -0.3 is 20.9 Å². The third kappa shape index (κ3) is 2.77. The molecule has 2 aromatic rings. The maximum absolute atomic E-state index is 5.93. The smallest absolute Gasteiger partial charge is 0.125 e. The van der Waals surface area contributed by atoms with Crippen LogP contribution in [0.3, 0.4) is 0 Å². The van der Waals surface area contributed by atoms with Crippen molar-refractivity contribution in [1.29, 1.82) is 0 Å². The number of nitrogen functional groups attached to an aromatic ring is 2. The van der Waals surface area contributed by atoms with E-state index in [0.717, 1.165) is 28.3 Å². The van der Waals surface area contributed by atoms with E-state index in [2.05, 4.69) is 4.98 Å². The lowest BCUT2D eigenvalue weighted by Crippen LogP contribution is -2.05. The first-order chi connectivity index (χ1) is 9.55. The minimum Gasteiger partial charge on any atom is -0.497 e. The summed E-state index contributed by atoms with van der Waals surface area (Å²) in [6.07, 6.45) is 0.585. The van der Waals surface area contributed by atoms with Crippen molar-refractivity contribution in [3.63, 3.8) is 0 Å². The van der Waals surface area contributed by atoms with Gasteiger partial charge in [0.15, 0.2) is 0 Å². The van der Waals surface area contributed by atoms with Crippen molar-refractivity contribution in [2.75, 3.05) is 25.7 Å². The number of pyridine rings is 1. The normalized spacial score (nSPS) is 10.3. The fourth-order valence-corrected chi connectivity index (χ4v) is 2.08. The molecular weight excluding hydrogens is 254 g/mol. The van der Waals surface area contributed by atoms with Gasteiger partial charge in [-0.15, -0.1) is 0 Å². The lowest BCUT2D eigenvalue weighted by molar-refractivity contribution is 0.399. The Morgan fingerprint density at radius 2 is 1.85 bits per heavy atom. The number of anilines is 2. The molecule has 1 heterocycles. The van der Waals surface area contributed by atoms with Crippen LogP contribution in [0.15, 0.2) is 24.3 Å². The summed E-state index contributed by atoms with van der Waals surface area (Å²) < 4.78 is 10.6. The molecule has 0 aliphatic carbocycles. The Kier molecular flexibility index (Phi) is 3.98. The zero-order valence-electron chi connectivity index (χ0n) is 11.9. The number of nitrogens with zero attached hydrogens (tertiary/aromatic N) is 1. The van der Waals surface area contributed by atoms with Gasteiger partial charge in [-0.1, -0.05) is 0 Å². The molecule has 4 N–H and O–H groups in total. The predicted molar refractivity (Wildman–Crippen MR) is 80.2 cm³/mol. The molecule has 0 bridgehead atoms. The summed E-state index contributed by atoms with van der Waals surface area (Å²) in [4.78, 5) is 4.36. The number of nitrogens with two attached hydrogens (primary N) is 2. The molecular formula is C15H19N3O2. The van der Waals surface area contributed by atoms with Crippen molar-refractivity contribution in [2.24, 2.45) is 0 Å². The van der Waals surface area contributed by atoms with Gasteiger partial charge in [0.25, 0.3) is 0 Å². The summed E-state index contributed by atoms with van der Waals surface area (Å²) in [6, 6.07) is 7.33. The van der Waals surface area contributed by atoms with Gasteiger partial charge in [0.1, 0.15) is 17.3 Å². The first kappa shape index (κ1) is 14.0. The summed E-state index contributed by atoms with van der Waals surface area (Å²) in [6.45, 7) is 1.93. The number of hydrogen-bond acceptors (Lipinski definition) is 5. The molecule has 0 spiro atoms. The van der Waals surface area contributed by atoms with E-state index in [1.54, 1.807) is 20.3 Å². The van der Waals surface area contributed by atoms with Crippen LogP contribution in [-0.4, -0.2) is 19.2 Å². The first-order valence-electron chi connectivity index (χ1n) is 6.27. The molecule has 5 nitrogen and oxygen atoms in total. The molecule has 0 radical (unpaired) electrons. The summed E-state index contributed by atoms with van der Waals surface area (Å²) in [5.74, 6) is 1.98. The third-order valence-corrected chi connectivity index (χ3v) is 3.28. The molecule has 0 atom stereocenters. The van der Waals surface area contributed by atoms with Crippen LogP contribution in [0.5, 0.6) is 11.5 Å². The molecule has 5 heteroatoms. The molecule has 0 saturated carbocycles. The predicted octanol–water partition coefficient (Wildman–Crippen LogP) is 2.16. The minimum absolute atomic E-state index is 0.421. The zero-order valence-corrected chi connectivity index (χ0v) is 11.9. The molecule has 0 aliphatic heterocycles. The monoisotopic (exact) mass is 273 g/mol. The average Bonchev–Trinajstić information content (AvgIpc) is 2.44. The molecule has 20 heavy (non-hydrogen) atoms. The molecule has 106 valence electrons. The molecule has 2 rings (SSSR count). The SMILES string of the molecule is COc1ccc(OC)c(Cc2nc(N)cc(N)c2C)c1. The van der Waals surface area contributed by atoms with Crippen molar-refractivity contribution in [3.8, 4) is 11.5 Å². The summed E-state index contributed by atoms with van der Waals surface area (Å²) in [5.41, 5.74) is 15.1. The van der Waals surface area contributed by atoms with E-state index in [1.807, 2.05) is 25.1 Å². The molecule has 1 aromatic carbocycles. The van der Waals surface area contributed by atoms with E-state index in [0.29, 0.717) is 17.9 Å². The number of rotatable bonds is 4. The Hall–Kier alpha value is -2.43. The van der Waals surface area contributed by atoms with Crippen LogP contribution < -0.4 is 20.9 Å². The van der Waals surface area contributed by atoms with E-state index >= 15 is 0 Å². The van der Waals surface area contributed by atoms with E-state index in [-0.39, 0.29) is 0 Å². The fourth-order valence-electron chi connectivity index (χ4n) is 2.08. The summed E-state index contributed by atoms with van der Waals surface area (Å²) in [5, 5.41) is 0. The van der Waals surface area contributed by atoms with Crippen LogP contribution in [0, 0.1) is 6.92 Å². The van der Waals surface area contributed by atoms with Crippen LogP contribution in [0.2, 0.25) is 0 Å². The molecule has 0 amide bonds. The van der Waals surface area contributed by atoms with Crippen LogP contribution >= 0.6 is 0 Å². The van der Waals surface area contributed by atoms with Crippen molar-refractivity contribution >= 4 is 11.5 Å². The number of aromatic nitrogens is 1. The van der Waals surface area contributed by atoms with Crippen molar-refractivity contribution in [1.82, 2.24) is 4.98 Å². The van der Waals surface area contributed by atoms with Crippen molar-refractivity contribution in [3.05, 3.63) is 41.1 Å². The lowest BCUT2D eigenvalue weighted by Gasteiger charge is -2.13. The van der Waals surface area contributed by atoms with E-state index in [1.165, 1.54) is 0 Å². The maximum atomic E-state index is 5.93. The van der Waals surface area contributed by atoms with Gasteiger partial charge in [-0.05, 0) is 30.7 Å². The number of benzene rings is 1. The molecule has 1 aromatic heterocycles. The van der Waals surface area contributed by atoms with Crippen molar-refractivity contribution in [2.45, 2.75) is 13.3 Å². The van der Waals surface area contributed by atoms with Crippen LogP contribution in [0.4, 0.5) is 11.5 Å². The Bertz CT molecular complexity index is 627. The highest BCUT2D eigenvalue weighted by atomic mass is 16.5. The number of ether oxygens (including phenoxy) is 2. The fraction of sp³-hybridized carbons (Fsp3) is 0.267. The topological polar surface area (TPSA) is 83.4 Å². The Morgan fingerprint density at radius 3 is 2.50 bits per heavy atom. The average molecular weight is 273 g/mol. The zero-order chi connectivity index (χ0) is 14.7. The Labute approximate surface area is 118 Å². The van der Waals surface area contributed by atoms with E-state index in [4.69, 9.17) is 20.9 Å². The van der Waals surface area contributed by atoms with Crippen LogP contribution in [0.1, 0.15) is 16.8 Å². The lowest BCUT2D eigenvalue weighted by atomic mass is 10.0. The quantitative estimate of drug-likeness (QED) is 0.892. The van der Waals surface area contributed by atoms with Crippen LogP contribution in [-0.2, 0) is 6.42 Å². The second-order valence-electron chi connectivity index (χ2n) is 4.56. The second kappa shape index (κ2) is 5.69. The Morgan fingerprint density at radius 1 is 1.10 bits per heavy atom. The van der Waals surface area contributed by atoms with Gasteiger partial charge >= 0.3 is 0 Å². The standard InChI is InChI=1S/C15H19N3O2/c1-9-12(16)8-15(17)18-13(9)7-10-6-11(19-2)4-5-14(10)20-3/h4-6,8H,7H2,1-3H3,(H4,16,17,18). The van der Waals surface area contributed by atoms with Gasteiger partial charge in [0.05, 0.1) is 19.9 Å². The highest BCUT2D eigenvalue weighted by molar-refractivity contribution is 5.56. The molecule has 0 unspecified atom stereocenters. The van der Waals surface area contributed by atoms with Gasteiger partial charge in [-0.2, -0.15) is 0 Å². The number of methoxy groups -OCH3 is 2. The summed E-state index contributed by atoms with van der Waals surface area (Å²) in [7, 11) is 3.27.